The number of benzene rings is 4. The maximum Gasteiger partial charge on any atom is 0.416 e. The Bertz CT molecular complexity index is 1400. The van der Waals surface area contributed by atoms with Gasteiger partial charge in [-0.25, -0.2) is 4.79 Å². The first kappa shape index (κ1) is 25.0. The highest BCUT2D eigenvalue weighted by atomic mass is 19.4. The van der Waals surface area contributed by atoms with Gasteiger partial charge in [0.1, 0.15) is 0 Å². The summed E-state index contributed by atoms with van der Waals surface area (Å²) in [6, 6.07) is 22.4. The number of fused-ring (bicyclic) bond motifs is 1. The molecule has 1 aliphatic heterocycles. The van der Waals surface area contributed by atoms with Gasteiger partial charge < -0.3 is 10.4 Å². The number of carbonyl (C=O) groups is 1. The van der Waals surface area contributed by atoms with E-state index < -0.39 is 17.7 Å². The van der Waals surface area contributed by atoms with Gasteiger partial charge in [0.05, 0.1) is 11.1 Å². The third kappa shape index (κ3) is 5.54. The van der Waals surface area contributed by atoms with Crippen LogP contribution in [-0.4, -0.2) is 24.2 Å². The molecule has 0 bridgehead atoms. The Balaban J connectivity index is 1.51. The average Bonchev–Trinajstić information content (AvgIpc) is 2.87. The van der Waals surface area contributed by atoms with Crippen molar-refractivity contribution in [1.29, 1.82) is 0 Å². The van der Waals surface area contributed by atoms with Gasteiger partial charge in [-0.2, -0.15) is 13.2 Å². The lowest BCUT2D eigenvalue weighted by molar-refractivity contribution is -0.137. The fraction of sp³-hybridized carbons (Fsp3) is 0.258. The van der Waals surface area contributed by atoms with Gasteiger partial charge >= 0.3 is 12.1 Å². The lowest BCUT2D eigenvalue weighted by Gasteiger charge is -2.21. The molecule has 4 aromatic carbocycles. The van der Waals surface area contributed by atoms with Gasteiger partial charge in [0, 0.05) is 0 Å². The molecule has 0 atom stereocenters. The van der Waals surface area contributed by atoms with Gasteiger partial charge in [0.25, 0.3) is 0 Å². The fourth-order valence-electron chi connectivity index (χ4n) is 5.25. The van der Waals surface area contributed by atoms with E-state index in [0.717, 1.165) is 78.4 Å². The van der Waals surface area contributed by atoms with Crippen molar-refractivity contribution in [3.05, 3.63) is 95.6 Å². The molecule has 1 aliphatic rings. The van der Waals surface area contributed by atoms with E-state index in [1.165, 1.54) is 17.7 Å². The zero-order valence-electron chi connectivity index (χ0n) is 20.3. The van der Waals surface area contributed by atoms with Crippen LogP contribution in [0.4, 0.5) is 13.2 Å². The van der Waals surface area contributed by atoms with E-state index in [2.05, 4.69) is 29.6 Å². The van der Waals surface area contributed by atoms with Crippen molar-refractivity contribution in [1.82, 2.24) is 5.32 Å². The van der Waals surface area contributed by atoms with Crippen LogP contribution in [0.15, 0.2) is 78.9 Å². The first-order valence-electron chi connectivity index (χ1n) is 12.6. The predicted octanol–water partition coefficient (Wildman–Crippen LogP) is 8.14. The summed E-state index contributed by atoms with van der Waals surface area (Å²) in [5, 5.41) is 14.8. The Labute approximate surface area is 214 Å². The second-order valence-electron chi connectivity index (χ2n) is 9.69. The van der Waals surface area contributed by atoms with Crippen LogP contribution in [0, 0.1) is 0 Å². The van der Waals surface area contributed by atoms with Crippen molar-refractivity contribution in [3.63, 3.8) is 0 Å². The molecule has 0 radical (unpaired) electrons. The fourth-order valence-corrected chi connectivity index (χ4v) is 5.25. The summed E-state index contributed by atoms with van der Waals surface area (Å²) >= 11 is 0. The van der Waals surface area contributed by atoms with Gasteiger partial charge in [-0.15, -0.1) is 0 Å². The van der Waals surface area contributed by atoms with Crippen molar-refractivity contribution in [2.24, 2.45) is 0 Å². The Kier molecular flexibility index (Phi) is 7.02. The number of nitrogens with one attached hydrogen (secondary N) is 1. The first-order valence-corrected chi connectivity index (χ1v) is 12.6. The van der Waals surface area contributed by atoms with Crippen molar-refractivity contribution >= 4 is 16.7 Å². The van der Waals surface area contributed by atoms with Crippen LogP contribution in [0.5, 0.6) is 0 Å². The molecular weight excluding hydrogens is 475 g/mol. The maximum atomic E-state index is 13.0. The zero-order valence-corrected chi connectivity index (χ0v) is 20.3. The van der Waals surface area contributed by atoms with Crippen LogP contribution < -0.4 is 5.32 Å². The van der Waals surface area contributed by atoms with Crippen LogP contribution in [0.25, 0.3) is 33.0 Å². The summed E-state index contributed by atoms with van der Waals surface area (Å²) in [4.78, 5) is 11.9. The van der Waals surface area contributed by atoms with Crippen LogP contribution in [0.2, 0.25) is 0 Å². The molecular formula is C31H28F3NO2. The van der Waals surface area contributed by atoms with Crippen LogP contribution >= 0.6 is 0 Å². The van der Waals surface area contributed by atoms with Gasteiger partial charge in [0.2, 0.25) is 0 Å². The monoisotopic (exact) mass is 503 g/mol. The summed E-state index contributed by atoms with van der Waals surface area (Å²) in [5.74, 6) is -0.493. The average molecular weight is 504 g/mol. The number of alkyl halides is 3. The molecule has 1 heterocycles. The molecule has 0 saturated carbocycles. The number of aromatic carboxylic acids is 1. The standard InChI is InChI=1S/C31H28F3NO2/c32-31(33,34)27-12-9-22(10-13-27)24-11-14-28-25(17-24)18-26(30(36)37)19-29(28)23-7-5-21(6-8-23)20-3-1-15-35-16-2-4-20/h5-14,17-20,35H,1-4,15-16H2,(H,36,37). The molecule has 3 nitrogen and oxygen atoms in total. The van der Waals surface area contributed by atoms with Crippen LogP contribution in [0.1, 0.15) is 53.1 Å². The normalized spacial score (nSPS) is 15.3. The second-order valence-corrected chi connectivity index (χ2v) is 9.69. The third-order valence-electron chi connectivity index (χ3n) is 7.25. The molecule has 1 fully saturated rings. The largest absolute Gasteiger partial charge is 0.478 e. The molecule has 4 aromatic rings. The molecule has 0 spiro atoms. The van der Waals surface area contributed by atoms with E-state index in [1.54, 1.807) is 12.1 Å². The Morgan fingerprint density at radius 2 is 1.41 bits per heavy atom. The summed E-state index contributed by atoms with van der Waals surface area (Å²) in [5.41, 5.74) is 3.90. The molecule has 37 heavy (non-hydrogen) atoms. The summed E-state index contributed by atoms with van der Waals surface area (Å²) in [6.07, 6.45) is 0.209. The molecule has 0 aliphatic carbocycles. The number of hydrogen-bond acceptors (Lipinski definition) is 2. The lowest BCUT2D eigenvalue weighted by atomic mass is 9.87. The second kappa shape index (κ2) is 10.4. The maximum absolute atomic E-state index is 13.0. The van der Waals surface area contributed by atoms with Crippen molar-refractivity contribution in [3.8, 4) is 22.3 Å². The molecule has 1 saturated heterocycles. The van der Waals surface area contributed by atoms with Crippen molar-refractivity contribution in [2.75, 3.05) is 13.1 Å². The summed E-state index contributed by atoms with van der Waals surface area (Å²) in [7, 11) is 0. The first-order chi connectivity index (χ1) is 17.8. The van der Waals surface area contributed by atoms with Gasteiger partial charge in [0.15, 0.2) is 0 Å². The van der Waals surface area contributed by atoms with Gasteiger partial charge in [-0.05, 0) is 114 Å². The molecule has 190 valence electrons. The predicted molar refractivity (Wildman–Crippen MR) is 141 cm³/mol. The van der Waals surface area contributed by atoms with Crippen molar-refractivity contribution in [2.45, 2.75) is 37.8 Å². The highest BCUT2D eigenvalue weighted by molar-refractivity contribution is 6.04. The minimum Gasteiger partial charge on any atom is -0.478 e. The third-order valence-corrected chi connectivity index (χ3v) is 7.25. The highest BCUT2D eigenvalue weighted by Crippen LogP contribution is 2.36. The van der Waals surface area contributed by atoms with E-state index in [0.29, 0.717) is 11.5 Å². The number of carboxylic acid groups (broad SMARTS) is 1. The Morgan fingerprint density at radius 3 is 2.03 bits per heavy atom. The SMILES string of the molecule is O=C(O)c1cc(-c2ccc(C3CCCNCCC3)cc2)c2ccc(-c3ccc(C(F)(F)F)cc3)cc2c1. The van der Waals surface area contributed by atoms with E-state index >= 15 is 0 Å². The van der Waals surface area contributed by atoms with Gasteiger partial charge in [-0.1, -0.05) is 48.5 Å². The number of hydrogen-bond donors (Lipinski definition) is 2. The van der Waals surface area contributed by atoms with E-state index in [1.807, 2.05) is 18.2 Å². The van der Waals surface area contributed by atoms with E-state index in [-0.39, 0.29) is 5.56 Å². The highest BCUT2D eigenvalue weighted by Gasteiger charge is 2.30. The van der Waals surface area contributed by atoms with E-state index in [9.17, 15) is 23.1 Å². The Hall–Kier alpha value is -3.64. The number of carboxylic acids is 1. The molecule has 6 heteroatoms. The minimum absolute atomic E-state index is 0.170. The molecule has 0 amide bonds. The van der Waals surface area contributed by atoms with E-state index in [4.69, 9.17) is 0 Å². The lowest BCUT2D eigenvalue weighted by Crippen LogP contribution is -2.20. The molecule has 0 aromatic heterocycles. The van der Waals surface area contributed by atoms with Crippen molar-refractivity contribution < 1.29 is 23.1 Å². The van der Waals surface area contributed by atoms with Crippen LogP contribution in [0.3, 0.4) is 0 Å². The molecule has 0 unspecified atom stereocenters. The smallest absolute Gasteiger partial charge is 0.416 e. The molecule has 2 N–H and O–H groups in total. The summed E-state index contributed by atoms with van der Waals surface area (Å²) in [6.45, 7) is 2.11. The number of halogens is 3. The molecule has 5 rings (SSSR count). The van der Waals surface area contributed by atoms with Crippen LogP contribution in [-0.2, 0) is 6.18 Å². The van der Waals surface area contributed by atoms with Gasteiger partial charge in [-0.3, -0.25) is 0 Å². The number of rotatable bonds is 4. The topological polar surface area (TPSA) is 49.3 Å². The summed E-state index contributed by atoms with van der Waals surface area (Å²) < 4.78 is 38.9. The zero-order chi connectivity index (χ0) is 26.0. The Morgan fingerprint density at radius 1 is 0.784 bits per heavy atom. The quantitative estimate of drug-likeness (QED) is 0.296. The minimum atomic E-state index is -4.39.